The molecule has 0 aliphatic rings. The molecule has 0 bridgehead atoms. The fourth-order valence-corrected chi connectivity index (χ4v) is 0.883. The van der Waals surface area contributed by atoms with Gasteiger partial charge in [0.25, 0.3) is 6.47 Å². The predicted molar refractivity (Wildman–Crippen MR) is 70.4 cm³/mol. The molecule has 1 aromatic carbocycles. The summed E-state index contributed by atoms with van der Waals surface area (Å²) in [5.74, 6) is -1.44. The third kappa shape index (κ3) is 10.7. The zero-order valence-electron chi connectivity index (χ0n) is 11.2. The maximum Gasteiger partial charge on any atom is 0.335 e. The highest BCUT2D eigenvalue weighted by atomic mass is 16.5. The van der Waals surface area contributed by atoms with E-state index in [1.54, 1.807) is 37.3 Å². The number of esters is 1. The Morgan fingerprint density at radius 2 is 1.75 bits per heavy atom. The van der Waals surface area contributed by atoms with Gasteiger partial charge in [0.15, 0.2) is 6.10 Å². The number of carbonyl (C=O) groups excluding carboxylic acids is 1. The largest absolute Gasteiger partial charge is 0.483 e. The molecule has 0 saturated heterocycles. The first-order valence-corrected chi connectivity index (χ1v) is 5.56. The number of hydrogen-bond donors (Lipinski definition) is 3. The fraction of sp³-hybridized carbons (Fsp3) is 0.308. The van der Waals surface area contributed by atoms with Crippen molar-refractivity contribution in [1.82, 2.24) is 0 Å². The van der Waals surface area contributed by atoms with Crippen LogP contribution in [-0.2, 0) is 14.3 Å². The topological polar surface area (TPSA) is 121 Å². The first kappa shape index (κ1) is 19.9. The number of carboxylic acid groups (broad SMARTS) is 2. The van der Waals surface area contributed by atoms with Crippen molar-refractivity contribution in [2.24, 2.45) is 0 Å². The van der Waals surface area contributed by atoms with Crippen LogP contribution < -0.4 is 0 Å². The average molecular weight is 286 g/mol. The SMILES string of the molecule is CCC(O)C(=O)OC.O=C(O)c1ccccc1.O=CO. The van der Waals surface area contributed by atoms with E-state index in [9.17, 15) is 9.59 Å². The Labute approximate surface area is 116 Å². The Kier molecular flexibility index (Phi) is 13.0. The molecule has 1 rings (SSSR count). The maximum atomic E-state index is 10.3. The standard InChI is InChI=1S/C7H6O2.C5H10O3.CH2O2/c8-7(9)6-4-2-1-3-5-6;1-3-4(6)5(7)8-2;2-1-3/h1-5H,(H,8,9);4,6H,3H2,1-2H3;1H,(H,2,3). The van der Waals surface area contributed by atoms with Gasteiger partial charge in [-0.1, -0.05) is 25.1 Å². The van der Waals surface area contributed by atoms with E-state index in [2.05, 4.69) is 4.74 Å². The minimum Gasteiger partial charge on any atom is -0.483 e. The molecule has 0 saturated carbocycles. The van der Waals surface area contributed by atoms with E-state index in [0.717, 1.165) is 0 Å². The van der Waals surface area contributed by atoms with E-state index < -0.39 is 18.0 Å². The summed E-state index contributed by atoms with van der Waals surface area (Å²) in [4.78, 5) is 28.8. The highest BCUT2D eigenvalue weighted by Crippen LogP contribution is 1.96. The molecule has 0 aliphatic heterocycles. The Bertz CT molecular complexity index is 389. The molecule has 7 heteroatoms. The minimum atomic E-state index is -0.944. The van der Waals surface area contributed by atoms with E-state index in [1.807, 2.05) is 0 Å². The number of carboxylic acids is 1. The third-order valence-electron chi connectivity index (χ3n) is 1.88. The van der Waals surface area contributed by atoms with Gasteiger partial charge in [-0.3, -0.25) is 4.79 Å². The van der Waals surface area contributed by atoms with Gasteiger partial charge in [0.05, 0.1) is 12.7 Å². The fourth-order valence-electron chi connectivity index (χ4n) is 0.883. The van der Waals surface area contributed by atoms with Crippen LogP contribution in [-0.4, -0.2) is 46.9 Å². The van der Waals surface area contributed by atoms with Crippen LogP contribution in [0, 0.1) is 0 Å². The van der Waals surface area contributed by atoms with Gasteiger partial charge in [0.1, 0.15) is 0 Å². The molecular formula is C13H18O7. The van der Waals surface area contributed by atoms with Gasteiger partial charge < -0.3 is 20.1 Å². The lowest BCUT2D eigenvalue weighted by atomic mass is 10.2. The van der Waals surface area contributed by atoms with E-state index in [-0.39, 0.29) is 6.47 Å². The van der Waals surface area contributed by atoms with Crippen LogP contribution in [0.1, 0.15) is 23.7 Å². The normalized spacial score (nSPS) is 9.75. The van der Waals surface area contributed by atoms with Crippen molar-refractivity contribution in [3.05, 3.63) is 35.9 Å². The summed E-state index contributed by atoms with van der Waals surface area (Å²) in [6.45, 7) is 1.46. The molecule has 0 spiro atoms. The molecule has 0 radical (unpaired) electrons. The molecule has 20 heavy (non-hydrogen) atoms. The number of carbonyl (C=O) groups is 3. The van der Waals surface area contributed by atoms with Crippen molar-refractivity contribution in [2.45, 2.75) is 19.4 Å². The van der Waals surface area contributed by atoms with Gasteiger partial charge in [0, 0.05) is 0 Å². The summed E-state index contributed by atoms with van der Waals surface area (Å²) in [5, 5.41) is 23.9. The van der Waals surface area contributed by atoms with Crippen LogP contribution in [0.2, 0.25) is 0 Å². The molecule has 0 fully saturated rings. The number of rotatable bonds is 3. The molecule has 0 heterocycles. The summed E-state index contributed by atoms with van der Waals surface area (Å²) in [6, 6.07) is 8.30. The molecule has 1 aromatic rings. The summed E-state index contributed by atoms with van der Waals surface area (Å²) < 4.78 is 4.21. The second-order valence-corrected chi connectivity index (χ2v) is 3.22. The van der Waals surface area contributed by atoms with E-state index in [0.29, 0.717) is 12.0 Å². The first-order valence-electron chi connectivity index (χ1n) is 5.56. The highest BCUT2D eigenvalue weighted by Gasteiger charge is 2.10. The van der Waals surface area contributed by atoms with E-state index >= 15 is 0 Å². The minimum absolute atomic E-state index is 0.250. The van der Waals surface area contributed by atoms with Gasteiger partial charge in [-0.15, -0.1) is 0 Å². The molecule has 1 atom stereocenters. The molecule has 3 N–H and O–H groups in total. The lowest BCUT2D eigenvalue weighted by Gasteiger charge is -2.01. The monoisotopic (exact) mass is 286 g/mol. The molecule has 0 aromatic heterocycles. The lowest BCUT2D eigenvalue weighted by Crippen LogP contribution is -2.20. The Morgan fingerprint density at radius 1 is 1.30 bits per heavy atom. The average Bonchev–Trinajstić information content (AvgIpc) is 2.48. The van der Waals surface area contributed by atoms with Gasteiger partial charge in [-0.25, -0.2) is 9.59 Å². The number of hydrogen-bond acceptors (Lipinski definition) is 5. The number of aliphatic hydroxyl groups excluding tert-OH is 1. The molecular weight excluding hydrogens is 268 g/mol. The molecule has 0 amide bonds. The quantitative estimate of drug-likeness (QED) is 0.560. The third-order valence-corrected chi connectivity index (χ3v) is 1.88. The summed E-state index contributed by atoms with van der Waals surface area (Å²) in [7, 11) is 1.25. The number of benzene rings is 1. The first-order chi connectivity index (χ1) is 9.44. The lowest BCUT2D eigenvalue weighted by molar-refractivity contribution is -0.150. The zero-order chi connectivity index (χ0) is 16.0. The van der Waals surface area contributed by atoms with Crippen LogP contribution in [0.5, 0.6) is 0 Å². The predicted octanol–water partition coefficient (Wildman–Crippen LogP) is 1.02. The Balaban J connectivity index is 0. The molecule has 7 nitrogen and oxygen atoms in total. The van der Waals surface area contributed by atoms with Gasteiger partial charge >= 0.3 is 11.9 Å². The van der Waals surface area contributed by atoms with Crippen molar-refractivity contribution in [1.29, 1.82) is 0 Å². The van der Waals surface area contributed by atoms with Gasteiger partial charge in [-0.05, 0) is 18.6 Å². The maximum absolute atomic E-state index is 10.3. The summed E-state index contributed by atoms with van der Waals surface area (Å²) >= 11 is 0. The second-order valence-electron chi connectivity index (χ2n) is 3.22. The van der Waals surface area contributed by atoms with Crippen LogP contribution in [0.15, 0.2) is 30.3 Å². The number of ether oxygens (including phenoxy) is 1. The Morgan fingerprint density at radius 3 is 1.95 bits per heavy atom. The summed E-state index contributed by atoms with van der Waals surface area (Å²) in [6.07, 6.45) is -0.535. The highest BCUT2D eigenvalue weighted by molar-refractivity contribution is 5.87. The van der Waals surface area contributed by atoms with Gasteiger partial charge in [0.2, 0.25) is 0 Å². The van der Waals surface area contributed by atoms with Crippen LogP contribution in [0.3, 0.4) is 0 Å². The van der Waals surface area contributed by atoms with E-state index in [1.165, 1.54) is 7.11 Å². The van der Waals surface area contributed by atoms with Gasteiger partial charge in [-0.2, -0.15) is 0 Å². The molecule has 1 unspecified atom stereocenters. The summed E-state index contributed by atoms with van der Waals surface area (Å²) in [5.41, 5.74) is 0.331. The second kappa shape index (κ2) is 13.0. The van der Waals surface area contributed by atoms with Crippen molar-refractivity contribution < 1.29 is 34.4 Å². The Hall–Kier alpha value is -2.41. The number of methoxy groups -OCH3 is 1. The van der Waals surface area contributed by atoms with E-state index in [4.69, 9.17) is 20.1 Å². The zero-order valence-corrected chi connectivity index (χ0v) is 11.2. The van der Waals surface area contributed by atoms with Crippen molar-refractivity contribution in [2.75, 3.05) is 7.11 Å². The van der Waals surface area contributed by atoms with Crippen molar-refractivity contribution in [3.8, 4) is 0 Å². The van der Waals surface area contributed by atoms with Crippen LogP contribution in [0.4, 0.5) is 0 Å². The van der Waals surface area contributed by atoms with Crippen molar-refractivity contribution in [3.63, 3.8) is 0 Å². The molecule has 112 valence electrons. The molecule has 0 aliphatic carbocycles. The number of aromatic carboxylic acids is 1. The van der Waals surface area contributed by atoms with Crippen LogP contribution >= 0.6 is 0 Å². The van der Waals surface area contributed by atoms with Crippen LogP contribution in [0.25, 0.3) is 0 Å². The smallest absolute Gasteiger partial charge is 0.335 e. The number of aliphatic hydroxyl groups is 1. The van der Waals surface area contributed by atoms with Crippen molar-refractivity contribution >= 4 is 18.4 Å².